The van der Waals surface area contributed by atoms with Crippen LogP contribution in [0.5, 0.6) is 0 Å². The SMILES string of the molecule is CCOC(=O)CC(B1OC(C)(C)C(C)(C)O1)c1cc[nH]c1. The monoisotopic (exact) mass is 293 g/mol. The van der Waals surface area contributed by atoms with Gasteiger partial charge in [0.05, 0.1) is 24.2 Å². The molecule has 0 saturated carbocycles. The fraction of sp³-hybridized carbons (Fsp3) is 0.667. The molecule has 1 atom stereocenters. The molecule has 1 fully saturated rings. The number of aromatic amines is 1. The largest absolute Gasteiger partial charge is 0.466 e. The van der Waals surface area contributed by atoms with E-state index in [0.29, 0.717) is 6.61 Å². The molecule has 0 spiro atoms. The van der Waals surface area contributed by atoms with Crippen molar-refractivity contribution < 1.29 is 18.8 Å². The number of nitrogens with one attached hydrogen (secondary N) is 1. The first kappa shape index (κ1) is 16.1. The highest BCUT2D eigenvalue weighted by molar-refractivity contribution is 6.48. The van der Waals surface area contributed by atoms with E-state index in [1.54, 1.807) is 6.92 Å². The minimum Gasteiger partial charge on any atom is -0.466 e. The summed E-state index contributed by atoms with van der Waals surface area (Å²) in [7, 11) is -0.463. The molecule has 1 N–H and O–H groups in total. The lowest BCUT2D eigenvalue weighted by molar-refractivity contribution is -0.143. The Balaban J connectivity index is 2.19. The molecule has 0 bridgehead atoms. The van der Waals surface area contributed by atoms with Crippen molar-refractivity contribution in [2.75, 3.05) is 6.61 Å². The summed E-state index contributed by atoms with van der Waals surface area (Å²) in [5.41, 5.74) is 0.156. The van der Waals surface area contributed by atoms with E-state index in [0.717, 1.165) is 5.56 Å². The van der Waals surface area contributed by atoms with Gasteiger partial charge in [0, 0.05) is 18.2 Å². The second kappa shape index (κ2) is 5.85. The van der Waals surface area contributed by atoms with Gasteiger partial charge >= 0.3 is 13.1 Å². The second-order valence-electron chi connectivity index (χ2n) is 6.38. The predicted octanol–water partition coefficient (Wildman–Crippen LogP) is 2.68. The number of carbonyl (C=O) groups is 1. The first-order valence-corrected chi connectivity index (χ1v) is 7.41. The maximum Gasteiger partial charge on any atom is 0.466 e. The number of ether oxygens (including phenoxy) is 1. The number of rotatable bonds is 5. The van der Waals surface area contributed by atoms with Crippen molar-refractivity contribution in [3.05, 3.63) is 24.0 Å². The third-order valence-electron chi connectivity index (χ3n) is 4.34. The Hall–Kier alpha value is -1.27. The highest BCUT2D eigenvalue weighted by atomic mass is 16.7. The van der Waals surface area contributed by atoms with Gasteiger partial charge in [-0.2, -0.15) is 0 Å². The summed E-state index contributed by atoms with van der Waals surface area (Å²) < 4.78 is 17.2. The van der Waals surface area contributed by atoms with Crippen LogP contribution in [0.1, 0.15) is 52.4 Å². The minimum atomic E-state index is -0.463. The Morgan fingerprint density at radius 2 is 1.95 bits per heavy atom. The zero-order valence-corrected chi connectivity index (χ0v) is 13.4. The first-order valence-electron chi connectivity index (χ1n) is 7.41. The quantitative estimate of drug-likeness (QED) is 0.670. The number of H-pyrrole nitrogens is 1. The summed E-state index contributed by atoms with van der Waals surface area (Å²) in [4.78, 5) is 14.9. The fourth-order valence-corrected chi connectivity index (χ4v) is 2.39. The number of carbonyl (C=O) groups excluding carboxylic acids is 1. The molecule has 5 nitrogen and oxygen atoms in total. The molecule has 1 unspecified atom stereocenters. The lowest BCUT2D eigenvalue weighted by Crippen LogP contribution is -2.41. The van der Waals surface area contributed by atoms with Crippen molar-refractivity contribution >= 4 is 13.1 Å². The summed E-state index contributed by atoms with van der Waals surface area (Å²) in [6, 6.07) is 1.94. The van der Waals surface area contributed by atoms with Crippen molar-refractivity contribution in [3.63, 3.8) is 0 Å². The van der Waals surface area contributed by atoms with Gasteiger partial charge < -0.3 is 19.0 Å². The number of esters is 1. The molecule has 0 aliphatic carbocycles. The van der Waals surface area contributed by atoms with Crippen LogP contribution in [0.15, 0.2) is 18.5 Å². The molecular formula is C15H24BNO4. The van der Waals surface area contributed by atoms with Gasteiger partial charge in [0.1, 0.15) is 0 Å². The summed E-state index contributed by atoms with van der Waals surface area (Å²) in [6.45, 7) is 10.2. The number of hydrogen-bond acceptors (Lipinski definition) is 4. The number of hydrogen-bond donors (Lipinski definition) is 1. The van der Waals surface area contributed by atoms with Gasteiger partial charge in [-0.3, -0.25) is 4.79 Å². The van der Waals surface area contributed by atoms with Crippen LogP contribution in [0, 0.1) is 0 Å². The first-order chi connectivity index (χ1) is 9.77. The van der Waals surface area contributed by atoms with Gasteiger partial charge in [-0.05, 0) is 46.2 Å². The van der Waals surface area contributed by atoms with Crippen LogP contribution in [0.25, 0.3) is 0 Å². The van der Waals surface area contributed by atoms with E-state index >= 15 is 0 Å². The van der Waals surface area contributed by atoms with E-state index in [4.69, 9.17) is 14.0 Å². The molecule has 0 amide bonds. The molecule has 1 aromatic rings. The molecule has 0 radical (unpaired) electrons. The van der Waals surface area contributed by atoms with Crippen LogP contribution >= 0.6 is 0 Å². The molecule has 1 aromatic heterocycles. The average molecular weight is 293 g/mol. The summed E-state index contributed by atoms with van der Waals surface area (Å²) in [5, 5.41) is 0. The van der Waals surface area contributed by atoms with Crippen molar-refractivity contribution in [1.82, 2.24) is 4.98 Å². The molecule has 1 saturated heterocycles. The lowest BCUT2D eigenvalue weighted by atomic mass is 9.67. The zero-order chi connectivity index (χ0) is 15.7. The highest BCUT2D eigenvalue weighted by Crippen LogP contribution is 2.41. The summed E-state index contributed by atoms with van der Waals surface area (Å²) in [6.07, 6.45) is 3.94. The maximum absolute atomic E-state index is 11.9. The van der Waals surface area contributed by atoms with Gasteiger partial charge in [0.25, 0.3) is 0 Å². The van der Waals surface area contributed by atoms with E-state index in [2.05, 4.69) is 4.98 Å². The average Bonchev–Trinajstić information content (AvgIpc) is 2.94. The van der Waals surface area contributed by atoms with Gasteiger partial charge in [-0.15, -0.1) is 0 Å². The van der Waals surface area contributed by atoms with Crippen molar-refractivity contribution in [1.29, 1.82) is 0 Å². The summed E-state index contributed by atoms with van der Waals surface area (Å²) >= 11 is 0. The molecule has 1 aliphatic heterocycles. The van der Waals surface area contributed by atoms with Crippen LogP contribution < -0.4 is 0 Å². The molecule has 0 aromatic carbocycles. The standard InChI is InChI=1S/C15H24BNO4/c1-6-19-13(18)9-12(11-7-8-17-10-11)16-20-14(2,3)15(4,5)21-16/h7-8,10,12,17H,6,9H2,1-5H3. The maximum atomic E-state index is 11.9. The van der Waals surface area contributed by atoms with Crippen LogP contribution in [-0.4, -0.2) is 35.9 Å². The predicted molar refractivity (Wildman–Crippen MR) is 80.9 cm³/mol. The van der Waals surface area contributed by atoms with Crippen LogP contribution in [0.3, 0.4) is 0 Å². The van der Waals surface area contributed by atoms with E-state index in [1.807, 2.05) is 46.2 Å². The zero-order valence-electron chi connectivity index (χ0n) is 13.4. The molecule has 2 rings (SSSR count). The Kier molecular flexibility index (Phi) is 4.49. The van der Waals surface area contributed by atoms with Crippen LogP contribution in [0.4, 0.5) is 0 Å². The third-order valence-corrected chi connectivity index (χ3v) is 4.34. The minimum absolute atomic E-state index is 0.184. The molecule has 2 heterocycles. The third kappa shape index (κ3) is 3.32. The van der Waals surface area contributed by atoms with Crippen molar-refractivity contribution in [2.24, 2.45) is 0 Å². The Bertz CT molecular complexity index is 468. The topological polar surface area (TPSA) is 60.6 Å². The van der Waals surface area contributed by atoms with Crippen molar-refractivity contribution in [3.8, 4) is 0 Å². The van der Waals surface area contributed by atoms with Crippen molar-refractivity contribution in [2.45, 2.75) is 58.1 Å². The van der Waals surface area contributed by atoms with Gasteiger partial charge in [0.2, 0.25) is 0 Å². The van der Waals surface area contributed by atoms with Gasteiger partial charge in [-0.25, -0.2) is 0 Å². The van der Waals surface area contributed by atoms with E-state index < -0.39 is 18.3 Å². The highest BCUT2D eigenvalue weighted by Gasteiger charge is 2.54. The van der Waals surface area contributed by atoms with Gasteiger partial charge in [-0.1, -0.05) is 0 Å². The Morgan fingerprint density at radius 3 is 2.43 bits per heavy atom. The Morgan fingerprint density at radius 1 is 1.33 bits per heavy atom. The molecule has 116 valence electrons. The Labute approximate surface area is 126 Å². The van der Waals surface area contributed by atoms with E-state index in [-0.39, 0.29) is 18.2 Å². The normalized spacial score (nSPS) is 21.3. The second-order valence-corrected chi connectivity index (χ2v) is 6.38. The smallest absolute Gasteiger partial charge is 0.466 e. The van der Waals surface area contributed by atoms with E-state index in [9.17, 15) is 4.79 Å². The number of aromatic nitrogens is 1. The fourth-order valence-electron chi connectivity index (χ4n) is 2.39. The summed E-state index contributed by atoms with van der Waals surface area (Å²) in [5.74, 6) is -0.422. The van der Waals surface area contributed by atoms with Crippen LogP contribution in [0.2, 0.25) is 0 Å². The van der Waals surface area contributed by atoms with Crippen LogP contribution in [-0.2, 0) is 18.8 Å². The molecular weight excluding hydrogens is 269 g/mol. The molecule has 1 aliphatic rings. The van der Waals surface area contributed by atoms with E-state index in [1.165, 1.54) is 0 Å². The van der Waals surface area contributed by atoms with Gasteiger partial charge in [0.15, 0.2) is 0 Å². The lowest BCUT2D eigenvalue weighted by Gasteiger charge is -2.32. The molecule has 6 heteroatoms. The molecule has 21 heavy (non-hydrogen) atoms.